The number of nitro benzene ring substituents is 1. The molecule has 2 amide bonds. The summed E-state index contributed by atoms with van der Waals surface area (Å²) in [6, 6.07) is 3.37. The molecule has 1 aliphatic carbocycles. The van der Waals surface area contributed by atoms with Gasteiger partial charge in [0.2, 0.25) is 0 Å². The zero-order chi connectivity index (χ0) is 25.5. The van der Waals surface area contributed by atoms with E-state index in [4.69, 9.17) is 14.5 Å². The second kappa shape index (κ2) is 9.16. The lowest BCUT2D eigenvalue weighted by Gasteiger charge is -2.38. The number of hydrogen-bond donors (Lipinski definition) is 0. The van der Waals surface area contributed by atoms with Crippen molar-refractivity contribution >= 4 is 34.8 Å². The number of nitro groups is 1. The van der Waals surface area contributed by atoms with E-state index in [1.807, 2.05) is 0 Å². The summed E-state index contributed by atoms with van der Waals surface area (Å²) in [5.41, 5.74) is -3.08. The predicted molar refractivity (Wildman–Crippen MR) is 126 cm³/mol. The number of amides is 2. The number of non-ortho nitro benzene ring substituents is 1. The van der Waals surface area contributed by atoms with Gasteiger partial charge in [0.15, 0.2) is 5.17 Å². The number of carbonyl (C=O) groups excluding carboxylic acids is 2. The first-order valence-electron chi connectivity index (χ1n) is 11.1. The molecule has 186 valence electrons. The molecule has 0 spiro atoms. The van der Waals surface area contributed by atoms with E-state index in [1.54, 1.807) is 41.5 Å². The number of benzene rings is 1. The molecule has 2 atom stereocenters. The monoisotopic (exact) mass is 495 g/mol. The molecule has 1 aliphatic heterocycles. The smallest absolute Gasteiger partial charge is 0.426 e. The van der Waals surface area contributed by atoms with Crippen LogP contribution in [0.5, 0.6) is 0 Å². The molecule has 11 heteroatoms. The van der Waals surface area contributed by atoms with Crippen LogP contribution >= 0.6 is 11.8 Å². The first kappa shape index (κ1) is 25.9. The summed E-state index contributed by atoms with van der Waals surface area (Å²) < 4.78 is 25.9. The molecule has 1 fully saturated rings. The molecular formula is C23H30FN3O6S. The first-order valence-corrected chi connectivity index (χ1v) is 12.0. The number of halogens is 1. The molecule has 1 aromatic carbocycles. The Hall–Kier alpha value is -2.69. The number of aliphatic imine (C=N–C) groups is 1. The molecule has 0 radical (unpaired) electrons. The molecule has 3 rings (SSSR count). The Labute approximate surface area is 202 Å². The summed E-state index contributed by atoms with van der Waals surface area (Å²) in [6.45, 7) is 10.0. The van der Waals surface area contributed by atoms with E-state index in [2.05, 4.69) is 0 Å². The lowest BCUT2D eigenvalue weighted by Crippen LogP contribution is -2.49. The number of imide groups is 1. The summed E-state index contributed by atoms with van der Waals surface area (Å²) in [4.78, 5) is 42.4. The minimum absolute atomic E-state index is 0.0209. The van der Waals surface area contributed by atoms with Gasteiger partial charge in [-0.05, 0) is 66.4 Å². The Bertz CT molecular complexity index is 1000. The number of thioether (sulfide) groups is 1. The number of ether oxygens (including phenoxy) is 2. The van der Waals surface area contributed by atoms with Crippen LogP contribution in [0.2, 0.25) is 0 Å². The summed E-state index contributed by atoms with van der Waals surface area (Å²) in [5, 5.41) is 11.4. The molecule has 34 heavy (non-hydrogen) atoms. The normalized spacial score (nSPS) is 22.4. The lowest BCUT2D eigenvalue weighted by atomic mass is 9.81. The second-order valence-electron chi connectivity index (χ2n) is 10.4. The molecule has 0 N–H and O–H groups in total. The molecule has 1 aromatic rings. The third-order valence-corrected chi connectivity index (χ3v) is 6.57. The maximum absolute atomic E-state index is 15.0. The summed E-state index contributed by atoms with van der Waals surface area (Å²) in [6.07, 6.45) is -0.0254. The van der Waals surface area contributed by atoms with Crippen LogP contribution in [0.4, 0.5) is 19.7 Å². The van der Waals surface area contributed by atoms with E-state index in [9.17, 15) is 19.7 Å². The number of rotatable bonds is 2. The van der Waals surface area contributed by atoms with Crippen LogP contribution in [-0.2, 0) is 15.0 Å². The topological polar surface area (TPSA) is 111 Å². The Morgan fingerprint density at radius 1 is 1.18 bits per heavy atom. The summed E-state index contributed by atoms with van der Waals surface area (Å²) in [5.74, 6) is -0.284. The van der Waals surface area contributed by atoms with Crippen LogP contribution in [0, 0.1) is 21.8 Å². The predicted octanol–water partition coefficient (Wildman–Crippen LogP) is 6.00. The van der Waals surface area contributed by atoms with Crippen molar-refractivity contribution in [1.29, 1.82) is 0 Å². The van der Waals surface area contributed by atoms with Gasteiger partial charge in [0, 0.05) is 23.4 Å². The number of nitrogens with zero attached hydrogens (tertiary/aromatic N) is 3. The average molecular weight is 496 g/mol. The molecule has 1 saturated carbocycles. The van der Waals surface area contributed by atoms with Gasteiger partial charge in [-0.2, -0.15) is 4.90 Å². The van der Waals surface area contributed by atoms with Crippen LogP contribution in [0.15, 0.2) is 23.2 Å². The van der Waals surface area contributed by atoms with Crippen LogP contribution in [-0.4, -0.2) is 44.1 Å². The lowest BCUT2D eigenvalue weighted by molar-refractivity contribution is -0.385. The maximum Gasteiger partial charge on any atom is 0.426 e. The van der Waals surface area contributed by atoms with Crippen LogP contribution in [0.3, 0.4) is 0 Å². The van der Waals surface area contributed by atoms with Gasteiger partial charge in [-0.3, -0.25) is 10.1 Å². The van der Waals surface area contributed by atoms with Crippen LogP contribution in [0.25, 0.3) is 0 Å². The Balaban J connectivity index is 2.13. The van der Waals surface area contributed by atoms with Gasteiger partial charge >= 0.3 is 12.2 Å². The van der Waals surface area contributed by atoms with E-state index in [-0.39, 0.29) is 22.3 Å². The van der Waals surface area contributed by atoms with Crippen LogP contribution in [0.1, 0.15) is 66.4 Å². The highest BCUT2D eigenvalue weighted by atomic mass is 32.2. The van der Waals surface area contributed by atoms with Crippen molar-refractivity contribution in [3.05, 3.63) is 39.7 Å². The van der Waals surface area contributed by atoms with Gasteiger partial charge in [-0.25, -0.2) is 19.0 Å². The fraction of sp³-hybridized carbons (Fsp3) is 0.609. The molecule has 0 bridgehead atoms. The third-order valence-electron chi connectivity index (χ3n) is 5.47. The zero-order valence-electron chi connectivity index (χ0n) is 20.2. The fourth-order valence-electron chi connectivity index (χ4n) is 4.14. The van der Waals surface area contributed by atoms with Crippen molar-refractivity contribution in [3.63, 3.8) is 0 Å². The van der Waals surface area contributed by atoms with E-state index < -0.39 is 39.7 Å². The second-order valence-corrected chi connectivity index (χ2v) is 11.4. The van der Waals surface area contributed by atoms with Gasteiger partial charge in [0.25, 0.3) is 5.69 Å². The highest BCUT2D eigenvalue weighted by molar-refractivity contribution is 8.13. The zero-order valence-corrected chi connectivity index (χ0v) is 21.0. The number of hydrogen-bond acceptors (Lipinski definition) is 8. The Kier molecular flexibility index (Phi) is 6.99. The van der Waals surface area contributed by atoms with Gasteiger partial charge in [0.1, 0.15) is 17.0 Å². The van der Waals surface area contributed by atoms with E-state index in [0.29, 0.717) is 12.2 Å². The molecule has 0 saturated heterocycles. The highest BCUT2D eigenvalue weighted by Crippen LogP contribution is 2.52. The van der Waals surface area contributed by atoms with Gasteiger partial charge in [-0.1, -0.05) is 18.2 Å². The molecular weight excluding hydrogens is 465 g/mol. The van der Waals surface area contributed by atoms with Gasteiger partial charge < -0.3 is 9.47 Å². The Morgan fingerprint density at radius 2 is 1.76 bits per heavy atom. The first-order chi connectivity index (χ1) is 15.6. The SMILES string of the molecule is CC(C)(C)OC(=O)N(C(=O)OC(C)(C)C)C1=N[C@@]2(c3cc([N+](=O)[O-])ccc3F)CCC[C@H]2CS1. The summed E-state index contributed by atoms with van der Waals surface area (Å²) in [7, 11) is 0. The molecule has 1 heterocycles. The van der Waals surface area contributed by atoms with Crippen LogP contribution < -0.4 is 0 Å². The van der Waals surface area contributed by atoms with Gasteiger partial charge in [-0.15, -0.1) is 0 Å². The van der Waals surface area contributed by atoms with E-state index >= 15 is 4.39 Å². The number of fused-ring (bicyclic) bond motifs is 1. The van der Waals surface area contributed by atoms with Gasteiger partial charge in [0.05, 0.1) is 10.5 Å². The molecule has 2 aliphatic rings. The molecule has 9 nitrogen and oxygen atoms in total. The van der Waals surface area contributed by atoms with Crippen molar-refractivity contribution in [3.8, 4) is 0 Å². The fourth-order valence-corrected chi connectivity index (χ4v) is 5.44. The quantitative estimate of drug-likeness (QED) is 0.365. The Morgan fingerprint density at radius 3 is 2.29 bits per heavy atom. The minimum Gasteiger partial charge on any atom is -0.443 e. The largest absolute Gasteiger partial charge is 0.443 e. The average Bonchev–Trinajstić information content (AvgIpc) is 3.09. The standard InChI is InChI=1S/C23H30FN3O6S/c1-21(2,3)32-19(28)26(20(29)33-22(4,5)6)18-25-23(11-7-8-14(23)13-34-18)16-12-15(27(30)31)9-10-17(16)24/h9-10,12,14H,7-8,11,13H2,1-6H3/t14-,23-/m0/s1. The third kappa shape index (κ3) is 5.51. The van der Waals surface area contributed by atoms with Crippen molar-refractivity contribution in [2.24, 2.45) is 10.9 Å². The van der Waals surface area contributed by atoms with Crippen molar-refractivity contribution in [2.75, 3.05) is 5.75 Å². The van der Waals surface area contributed by atoms with Crippen molar-refractivity contribution in [1.82, 2.24) is 4.90 Å². The highest BCUT2D eigenvalue weighted by Gasteiger charge is 2.51. The van der Waals surface area contributed by atoms with E-state index in [0.717, 1.165) is 29.9 Å². The molecule has 0 aromatic heterocycles. The number of carbonyl (C=O) groups is 2. The van der Waals surface area contributed by atoms with E-state index in [1.165, 1.54) is 17.8 Å². The maximum atomic E-state index is 15.0. The number of amidine groups is 1. The summed E-state index contributed by atoms with van der Waals surface area (Å²) >= 11 is 1.18. The minimum atomic E-state index is -1.14. The van der Waals surface area contributed by atoms with Crippen molar-refractivity contribution < 1.29 is 28.4 Å². The van der Waals surface area contributed by atoms with Crippen molar-refractivity contribution in [2.45, 2.75) is 77.5 Å². The molecule has 0 unspecified atom stereocenters.